The summed E-state index contributed by atoms with van der Waals surface area (Å²) >= 11 is 0. The quantitative estimate of drug-likeness (QED) is 0.778. The summed E-state index contributed by atoms with van der Waals surface area (Å²) in [4.78, 5) is 10.4. The number of likely N-dealkylation sites (tertiary alicyclic amines) is 1. The van der Waals surface area contributed by atoms with Crippen molar-refractivity contribution in [3.8, 4) is 11.4 Å². The summed E-state index contributed by atoms with van der Waals surface area (Å²) in [5.41, 5.74) is 2.20. The van der Waals surface area contributed by atoms with E-state index in [9.17, 15) is 0 Å². The molecular formula is C18H23N5. The van der Waals surface area contributed by atoms with Crippen molar-refractivity contribution < 1.29 is 0 Å². The molecule has 3 aromatic rings. The number of benzene rings is 1. The van der Waals surface area contributed by atoms with Crippen LogP contribution in [0, 0.1) is 5.92 Å². The Morgan fingerprint density at radius 2 is 2.04 bits per heavy atom. The maximum atomic E-state index is 4.71. The highest BCUT2D eigenvalue weighted by molar-refractivity contribution is 5.93. The summed E-state index contributed by atoms with van der Waals surface area (Å²) in [5, 5.41) is 8.72. The highest BCUT2D eigenvalue weighted by Crippen LogP contribution is 2.26. The van der Waals surface area contributed by atoms with E-state index in [1.807, 2.05) is 18.3 Å². The van der Waals surface area contributed by atoms with Gasteiger partial charge in [-0.1, -0.05) is 18.2 Å². The van der Waals surface area contributed by atoms with Crippen LogP contribution in [0.15, 0.2) is 30.5 Å². The highest BCUT2D eigenvalue weighted by Gasteiger charge is 2.17. The van der Waals surface area contributed by atoms with Gasteiger partial charge in [0, 0.05) is 29.1 Å². The van der Waals surface area contributed by atoms with Crippen molar-refractivity contribution in [1.82, 2.24) is 25.1 Å². The minimum Gasteiger partial charge on any atom is -0.360 e. The third-order valence-corrected chi connectivity index (χ3v) is 4.99. The lowest BCUT2D eigenvalue weighted by Crippen LogP contribution is -2.30. The van der Waals surface area contributed by atoms with Crippen LogP contribution in [-0.4, -0.2) is 45.2 Å². The second-order valence-corrected chi connectivity index (χ2v) is 6.64. The molecule has 0 unspecified atom stereocenters. The number of H-pyrrole nitrogens is 2. The topological polar surface area (TPSA) is 60.6 Å². The number of piperidine rings is 1. The van der Waals surface area contributed by atoms with Gasteiger partial charge in [0.05, 0.1) is 0 Å². The molecule has 4 rings (SSSR count). The standard InChI is InChI=1S/C18H23N5/c1-23-10-8-13(9-11-23)6-7-17-20-18(22-21-17)15-12-19-16-5-3-2-4-14(15)16/h2-5,12-13,19H,6-11H2,1H3,(H,20,21,22). The molecule has 0 saturated carbocycles. The SMILES string of the molecule is CN1CCC(CCc2nc(-c3c[nH]c4ccccc34)n[nH]2)CC1. The number of hydrogen-bond acceptors (Lipinski definition) is 3. The number of aromatic nitrogens is 4. The van der Waals surface area contributed by atoms with Gasteiger partial charge in [-0.25, -0.2) is 4.98 Å². The molecular weight excluding hydrogens is 286 g/mol. The van der Waals surface area contributed by atoms with Crippen molar-refractivity contribution >= 4 is 10.9 Å². The lowest BCUT2D eigenvalue weighted by molar-refractivity contribution is 0.212. The molecule has 1 aliphatic rings. The molecule has 5 nitrogen and oxygen atoms in total. The van der Waals surface area contributed by atoms with Gasteiger partial charge in [-0.3, -0.25) is 5.10 Å². The summed E-state index contributed by atoms with van der Waals surface area (Å²) in [5.74, 6) is 2.62. The van der Waals surface area contributed by atoms with Crippen LogP contribution < -0.4 is 0 Å². The van der Waals surface area contributed by atoms with E-state index in [0.29, 0.717) is 0 Å². The van der Waals surface area contributed by atoms with Gasteiger partial charge in [0.25, 0.3) is 0 Å². The molecule has 0 atom stereocenters. The Labute approximate surface area is 136 Å². The predicted molar refractivity (Wildman–Crippen MR) is 92.2 cm³/mol. The molecule has 0 radical (unpaired) electrons. The van der Waals surface area contributed by atoms with Crippen molar-refractivity contribution in [2.24, 2.45) is 5.92 Å². The van der Waals surface area contributed by atoms with Crippen molar-refractivity contribution in [2.75, 3.05) is 20.1 Å². The van der Waals surface area contributed by atoms with Crippen molar-refractivity contribution in [2.45, 2.75) is 25.7 Å². The fraction of sp³-hybridized carbons (Fsp3) is 0.444. The number of aryl methyl sites for hydroxylation is 1. The Hall–Kier alpha value is -2.14. The van der Waals surface area contributed by atoms with Crippen LogP contribution >= 0.6 is 0 Å². The summed E-state index contributed by atoms with van der Waals surface area (Å²) in [6, 6.07) is 8.27. The second-order valence-electron chi connectivity index (χ2n) is 6.64. The number of nitrogens with zero attached hydrogens (tertiary/aromatic N) is 3. The van der Waals surface area contributed by atoms with Gasteiger partial charge >= 0.3 is 0 Å². The highest BCUT2D eigenvalue weighted by atomic mass is 15.2. The average Bonchev–Trinajstić information content (AvgIpc) is 3.20. The van der Waals surface area contributed by atoms with Crippen LogP contribution in [0.25, 0.3) is 22.3 Å². The molecule has 0 amide bonds. The molecule has 23 heavy (non-hydrogen) atoms. The Bertz CT molecular complexity index is 779. The first-order valence-electron chi connectivity index (χ1n) is 8.46. The summed E-state index contributed by atoms with van der Waals surface area (Å²) < 4.78 is 0. The molecule has 0 aliphatic carbocycles. The van der Waals surface area contributed by atoms with E-state index in [0.717, 1.165) is 35.1 Å². The van der Waals surface area contributed by atoms with Crippen LogP contribution in [0.2, 0.25) is 0 Å². The number of aromatic amines is 2. The smallest absolute Gasteiger partial charge is 0.183 e. The van der Waals surface area contributed by atoms with E-state index < -0.39 is 0 Å². The molecule has 1 saturated heterocycles. The van der Waals surface area contributed by atoms with Crippen LogP contribution in [0.5, 0.6) is 0 Å². The fourth-order valence-corrected chi connectivity index (χ4v) is 3.48. The summed E-state index contributed by atoms with van der Waals surface area (Å²) in [6.45, 7) is 2.45. The van der Waals surface area contributed by atoms with Gasteiger partial charge in [0.15, 0.2) is 5.82 Å². The van der Waals surface area contributed by atoms with Gasteiger partial charge < -0.3 is 9.88 Å². The van der Waals surface area contributed by atoms with E-state index in [4.69, 9.17) is 4.98 Å². The molecule has 3 heterocycles. The molecule has 5 heteroatoms. The third kappa shape index (κ3) is 3.01. The Morgan fingerprint density at radius 3 is 2.91 bits per heavy atom. The summed E-state index contributed by atoms with van der Waals surface area (Å²) in [7, 11) is 2.21. The Morgan fingerprint density at radius 1 is 1.22 bits per heavy atom. The monoisotopic (exact) mass is 309 g/mol. The van der Waals surface area contributed by atoms with E-state index in [1.165, 1.54) is 37.7 Å². The first kappa shape index (κ1) is 14.5. The number of nitrogens with one attached hydrogen (secondary N) is 2. The van der Waals surface area contributed by atoms with Gasteiger partial charge in [-0.05, 0) is 51.4 Å². The molecule has 120 valence electrons. The zero-order valence-electron chi connectivity index (χ0n) is 13.5. The first-order chi connectivity index (χ1) is 11.3. The van der Waals surface area contributed by atoms with E-state index >= 15 is 0 Å². The van der Waals surface area contributed by atoms with Crippen LogP contribution in [-0.2, 0) is 6.42 Å². The number of para-hydroxylation sites is 1. The maximum Gasteiger partial charge on any atom is 0.183 e. The van der Waals surface area contributed by atoms with Crippen molar-refractivity contribution in [1.29, 1.82) is 0 Å². The molecule has 2 aromatic heterocycles. The molecule has 0 spiro atoms. The van der Waals surface area contributed by atoms with Gasteiger partial charge in [-0.2, -0.15) is 5.10 Å². The number of rotatable bonds is 4. The summed E-state index contributed by atoms with van der Waals surface area (Å²) in [6.07, 6.45) is 6.80. The van der Waals surface area contributed by atoms with E-state index in [1.54, 1.807) is 0 Å². The first-order valence-corrected chi connectivity index (χ1v) is 8.46. The molecule has 1 aliphatic heterocycles. The molecule has 2 N–H and O–H groups in total. The minimum atomic E-state index is 0.792. The second kappa shape index (κ2) is 6.16. The Kier molecular flexibility index (Phi) is 3.87. The largest absolute Gasteiger partial charge is 0.360 e. The average molecular weight is 309 g/mol. The predicted octanol–water partition coefficient (Wildman–Crippen LogP) is 3.23. The minimum absolute atomic E-state index is 0.792. The lowest BCUT2D eigenvalue weighted by atomic mass is 9.92. The Balaban J connectivity index is 1.45. The number of hydrogen-bond donors (Lipinski definition) is 2. The molecule has 1 fully saturated rings. The normalized spacial score (nSPS) is 17.1. The van der Waals surface area contributed by atoms with Gasteiger partial charge in [0.1, 0.15) is 5.82 Å². The lowest BCUT2D eigenvalue weighted by Gasteiger charge is -2.28. The zero-order valence-corrected chi connectivity index (χ0v) is 13.5. The van der Waals surface area contributed by atoms with Crippen LogP contribution in [0.3, 0.4) is 0 Å². The van der Waals surface area contributed by atoms with Crippen LogP contribution in [0.4, 0.5) is 0 Å². The van der Waals surface area contributed by atoms with Gasteiger partial charge in [-0.15, -0.1) is 0 Å². The molecule has 0 bridgehead atoms. The van der Waals surface area contributed by atoms with Crippen molar-refractivity contribution in [3.05, 3.63) is 36.3 Å². The van der Waals surface area contributed by atoms with E-state index in [2.05, 4.69) is 39.3 Å². The van der Waals surface area contributed by atoms with Gasteiger partial charge in [0.2, 0.25) is 0 Å². The van der Waals surface area contributed by atoms with Crippen molar-refractivity contribution in [3.63, 3.8) is 0 Å². The van der Waals surface area contributed by atoms with E-state index in [-0.39, 0.29) is 0 Å². The number of fused-ring (bicyclic) bond motifs is 1. The fourth-order valence-electron chi connectivity index (χ4n) is 3.48. The van der Waals surface area contributed by atoms with Crippen LogP contribution in [0.1, 0.15) is 25.1 Å². The zero-order chi connectivity index (χ0) is 15.6. The molecule has 1 aromatic carbocycles. The third-order valence-electron chi connectivity index (χ3n) is 4.99. The maximum absolute atomic E-state index is 4.71.